The van der Waals surface area contributed by atoms with Gasteiger partial charge < -0.3 is 5.32 Å². The van der Waals surface area contributed by atoms with Gasteiger partial charge in [-0.3, -0.25) is 0 Å². The highest BCUT2D eigenvalue weighted by molar-refractivity contribution is 7.89. The zero-order chi connectivity index (χ0) is 14.8. The van der Waals surface area contributed by atoms with Crippen molar-refractivity contribution in [2.45, 2.75) is 24.8 Å². The second kappa shape index (κ2) is 5.90. The number of thiazole rings is 1. The number of rotatable bonds is 5. The van der Waals surface area contributed by atoms with Crippen LogP contribution in [0.4, 0.5) is 5.69 Å². The molecule has 0 saturated carbocycles. The Labute approximate surface area is 123 Å². The van der Waals surface area contributed by atoms with Gasteiger partial charge >= 0.3 is 0 Å². The van der Waals surface area contributed by atoms with Gasteiger partial charge in [-0.25, -0.2) is 18.1 Å². The van der Waals surface area contributed by atoms with E-state index >= 15 is 0 Å². The van der Waals surface area contributed by atoms with Crippen LogP contribution in [0, 0.1) is 6.92 Å². The lowest BCUT2D eigenvalue weighted by molar-refractivity contribution is 0.588. The van der Waals surface area contributed by atoms with E-state index in [1.807, 2.05) is 20.0 Å². The number of aromatic nitrogens is 1. The van der Waals surface area contributed by atoms with Crippen molar-refractivity contribution in [1.82, 2.24) is 9.71 Å². The highest BCUT2D eigenvalue weighted by Crippen LogP contribution is 2.23. The monoisotopic (exact) mass is 311 g/mol. The van der Waals surface area contributed by atoms with Crippen LogP contribution in [0.1, 0.15) is 22.9 Å². The van der Waals surface area contributed by atoms with E-state index in [0.29, 0.717) is 0 Å². The van der Waals surface area contributed by atoms with Crippen LogP contribution in [0.2, 0.25) is 0 Å². The van der Waals surface area contributed by atoms with Crippen LogP contribution in [-0.4, -0.2) is 20.4 Å². The van der Waals surface area contributed by atoms with Crippen LogP contribution in [0.5, 0.6) is 0 Å². The highest BCUT2D eigenvalue weighted by Gasteiger charge is 2.12. The number of aryl methyl sites for hydroxylation is 1. The summed E-state index contributed by atoms with van der Waals surface area (Å²) in [5, 5.41) is 4.31. The first-order valence-electron chi connectivity index (χ1n) is 6.15. The molecule has 0 aliphatic rings. The van der Waals surface area contributed by atoms with Crippen LogP contribution in [0.3, 0.4) is 0 Å². The predicted molar refractivity (Wildman–Crippen MR) is 81.6 cm³/mol. The van der Waals surface area contributed by atoms with E-state index in [4.69, 9.17) is 0 Å². The van der Waals surface area contributed by atoms with Crippen molar-refractivity contribution < 1.29 is 8.42 Å². The van der Waals surface area contributed by atoms with E-state index in [2.05, 4.69) is 15.0 Å². The molecule has 1 heterocycles. The standard InChI is InChI=1S/C13H17N3O2S2/c1-9-8-15-13(19-9)10(2)16-11-4-6-12(7-5-11)20(17,18)14-3/h4-8,10,14,16H,1-3H3. The third-order valence-corrected chi connectivity index (χ3v) is 5.35. The van der Waals surface area contributed by atoms with Crippen molar-refractivity contribution in [1.29, 1.82) is 0 Å². The van der Waals surface area contributed by atoms with Crippen molar-refractivity contribution in [2.24, 2.45) is 0 Å². The molecule has 7 heteroatoms. The molecule has 5 nitrogen and oxygen atoms in total. The van der Waals surface area contributed by atoms with E-state index in [-0.39, 0.29) is 10.9 Å². The Balaban J connectivity index is 2.11. The summed E-state index contributed by atoms with van der Waals surface area (Å²) in [6, 6.07) is 6.74. The molecule has 1 aromatic carbocycles. The normalized spacial score (nSPS) is 13.2. The Hall–Kier alpha value is -1.44. The third-order valence-electron chi connectivity index (χ3n) is 2.83. The maximum atomic E-state index is 11.6. The molecule has 0 bridgehead atoms. The van der Waals surface area contributed by atoms with Gasteiger partial charge in [-0.1, -0.05) is 0 Å². The maximum absolute atomic E-state index is 11.6. The van der Waals surface area contributed by atoms with E-state index in [0.717, 1.165) is 10.7 Å². The summed E-state index contributed by atoms with van der Waals surface area (Å²) in [6.45, 7) is 4.04. The molecular formula is C13H17N3O2S2. The van der Waals surface area contributed by atoms with Crippen molar-refractivity contribution in [3.8, 4) is 0 Å². The van der Waals surface area contributed by atoms with Crippen molar-refractivity contribution in [3.63, 3.8) is 0 Å². The molecule has 1 atom stereocenters. The number of hydrogen-bond donors (Lipinski definition) is 2. The zero-order valence-corrected chi connectivity index (χ0v) is 13.2. The minimum absolute atomic E-state index is 0.0838. The molecule has 108 valence electrons. The number of nitrogens with one attached hydrogen (secondary N) is 2. The number of sulfonamides is 1. The molecule has 0 amide bonds. The van der Waals surface area contributed by atoms with Gasteiger partial charge in [0.1, 0.15) is 5.01 Å². The highest BCUT2D eigenvalue weighted by atomic mass is 32.2. The van der Waals surface area contributed by atoms with Gasteiger partial charge in [0.25, 0.3) is 0 Å². The molecule has 0 radical (unpaired) electrons. The van der Waals surface area contributed by atoms with Crippen molar-refractivity contribution in [2.75, 3.05) is 12.4 Å². The van der Waals surface area contributed by atoms with Gasteiger partial charge in [0, 0.05) is 16.8 Å². The van der Waals surface area contributed by atoms with Gasteiger partial charge in [0.05, 0.1) is 10.9 Å². The van der Waals surface area contributed by atoms with Crippen LogP contribution < -0.4 is 10.0 Å². The molecule has 1 aromatic heterocycles. The Morgan fingerprint density at radius 3 is 2.40 bits per heavy atom. The van der Waals surface area contributed by atoms with Crippen molar-refractivity contribution in [3.05, 3.63) is 40.3 Å². The maximum Gasteiger partial charge on any atom is 0.240 e. The molecule has 20 heavy (non-hydrogen) atoms. The fraction of sp³-hybridized carbons (Fsp3) is 0.308. The van der Waals surface area contributed by atoms with Crippen LogP contribution in [-0.2, 0) is 10.0 Å². The number of nitrogens with zero attached hydrogens (tertiary/aromatic N) is 1. The molecular weight excluding hydrogens is 294 g/mol. The van der Waals surface area contributed by atoms with Crippen LogP contribution >= 0.6 is 11.3 Å². The lowest BCUT2D eigenvalue weighted by atomic mass is 10.3. The smallest absolute Gasteiger partial charge is 0.240 e. The molecule has 2 N–H and O–H groups in total. The predicted octanol–water partition coefficient (Wildman–Crippen LogP) is 2.53. The largest absolute Gasteiger partial charge is 0.376 e. The Kier molecular flexibility index (Phi) is 4.42. The summed E-state index contributed by atoms with van der Waals surface area (Å²) in [6.07, 6.45) is 1.85. The average Bonchev–Trinajstić information content (AvgIpc) is 2.86. The number of anilines is 1. The fourth-order valence-electron chi connectivity index (χ4n) is 1.73. The lowest BCUT2D eigenvalue weighted by Crippen LogP contribution is -2.18. The first kappa shape index (κ1) is 15.0. The topological polar surface area (TPSA) is 71.1 Å². The first-order chi connectivity index (χ1) is 9.42. The van der Waals surface area contributed by atoms with Crippen LogP contribution in [0.15, 0.2) is 35.4 Å². The summed E-state index contributed by atoms with van der Waals surface area (Å²) in [5.74, 6) is 0. The molecule has 0 fully saturated rings. The molecule has 0 saturated heterocycles. The molecule has 0 aliphatic carbocycles. The fourth-order valence-corrected chi connectivity index (χ4v) is 3.24. The second-order valence-electron chi connectivity index (χ2n) is 4.41. The SMILES string of the molecule is CNS(=O)(=O)c1ccc(NC(C)c2ncc(C)s2)cc1. The molecule has 2 aromatic rings. The summed E-state index contributed by atoms with van der Waals surface area (Å²) >= 11 is 1.65. The average molecular weight is 311 g/mol. The van der Waals surface area contributed by atoms with Crippen molar-refractivity contribution >= 4 is 27.0 Å². The van der Waals surface area contributed by atoms with E-state index < -0.39 is 10.0 Å². The third kappa shape index (κ3) is 3.36. The molecule has 0 spiro atoms. The van der Waals surface area contributed by atoms with E-state index in [1.165, 1.54) is 11.9 Å². The summed E-state index contributed by atoms with van der Waals surface area (Å²) < 4.78 is 25.5. The van der Waals surface area contributed by atoms with Gasteiger partial charge in [-0.2, -0.15) is 0 Å². The molecule has 1 unspecified atom stereocenters. The minimum atomic E-state index is -3.38. The summed E-state index contributed by atoms with van der Waals surface area (Å²) in [5.41, 5.74) is 0.861. The first-order valence-corrected chi connectivity index (χ1v) is 8.45. The van der Waals surface area contributed by atoms with Gasteiger partial charge in [-0.05, 0) is 45.2 Å². The quantitative estimate of drug-likeness (QED) is 0.890. The Bertz CT molecular complexity index is 678. The van der Waals surface area contributed by atoms with E-state index in [9.17, 15) is 8.42 Å². The lowest BCUT2D eigenvalue weighted by Gasteiger charge is -2.13. The van der Waals surface area contributed by atoms with Gasteiger partial charge in [-0.15, -0.1) is 11.3 Å². The summed E-state index contributed by atoms with van der Waals surface area (Å²) in [4.78, 5) is 5.76. The molecule has 2 rings (SSSR count). The second-order valence-corrected chi connectivity index (χ2v) is 7.56. The van der Waals surface area contributed by atoms with Gasteiger partial charge in [0.2, 0.25) is 10.0 Å². The van der Waals surface area contributed by atoms with Crippen LogP contribution in [0.25, 0.3) is 0 Å². The number of benzene rings is 1. The zero-order valence-electron chi connectivity index (χ0n) is 11.5. The van der Waals surface area contributed by atoms with E-state index in [1.54, 1.807) is 35.6 Å². The molecule has 0 aliphatic heterocycles. The van der Waals surface area contributed by atoms with Gasteiger partial charge in [0.15, 0.2) is 0 Å². The Morgan fingerprint density at radius 1 is 1.25 bits per heavy atom. The number of hydrogen-bond acceptors (Lipinski definition) is 5. The minimum Gasteiger partial charge on any atom is -0.376 e. The summed E-state index contributed by atoms with van der Waals surface area (Å²) in [7, 11) is -1.98. The Morgan fingerprint density at radius 2 is 1.90 bits per heavy atom.